The Morgan fingerprint density at radius 3 is 2.36 bits per heavy atom. The van der Waals surface area contributed by atoms with Crippen LogP contribution in [0.15, 0.2) is 0 Å². The van der Waals surface area contributed by atoms with Gasteiger partial charge >= 0.3 is 5.97 Å². The molecule has 0 radical (unpaired) electrons. The van der Waals surface area contributed by atoms with Crippen molar-refractivity contribution in [1.82, 2.24) is 0 Å². The fraction of sp³-hybridized carbons (Fsp3) is 0.909. The van der Waals surface area contributed by atoms with Crippen LogP contribution in [-0.2, 0) is 4.79 Å². The molecule has 0 aliphatic rings. The summed E-state index contributed by atoms with van der Waals surface area (Å²) in [7, 11) is 0. The highest BCUT2D eigenvalue weighted by Crippen LogP contribution is 2.11. The molecule has 3 nitrogen and oxygen atoms in total. The Bertz CT molecular complexity index is 159. The normalized spacial score (nSPS) is 15.1. The van der Waals surface area contributed by atoms with Crippen molar-refractivity contribution < 1.29 is 9.90 Å². The summed E-state index contributed by atoms with van der Waals surface area (Å²) in [6, 6.07) is -0.186. The molecule has 0 amide bonds. The van der Waals surface area contributed by atoms with Crippen molar-refractivity contribution in [3.05, 3.63) is 0 Å². The van der Waals surface area contributed by atoms with Crippen LogP contribution in [0, 0.1) is 5.92 Å². The van der Waals surface area contributed by atoms with E-state index in [1.807, 2.05) is 0 Å². The van der Waals surface area contributed by atoms with Crippen LogP contribution in [0.25, 0.3) is 0 Å². The molecular weight excluding hydrogens is 178 g/mol. The third-order valence-corrected chi connectivity index (χ3v) is 2.67. The lowest BCUT2D eigenvalue weighted by molar-refractivity contribution is -0.141. The Balaban J connectivity index is 3.43. The van der Waals surface area contributed by atoms with Crippen LogP contribution < -0.4 is 5.73 Å². The van der Waals surface area contributed by atoms with Crippen LogP contribution in [0.3, 0.4) is 0 Å². The Morgan fingerprint density at radius 1 is 1.29 bits per heavy atom. The molecule has 2 atom stereocenters. The third kappa shape index (κ3) is 5.97. The zero-order valence-electron chi connectivity index (χ0n) is 9.33. The lowest BCUT2D eigenvalue weighted by atomic mass is 9.97. The zero-order valence-corrected chi connectivity index (χ0v) is 9.33. The van der Waals surface area contributed by atoms with E-state index in [0.717, 1.165) is 12.8 Å². The van der Waals surface area contributed by atoms with Gasteiger partial charge in [-0.3, -0.25) is 4.79 Å². The highest BCUT2D eigenvalue weighted by molar-refractivity contribution is 5.70. The van der Waals surface area contributed by atoms with Gasteiger partial charge in [0, 0.05) is 6.04 Å². The molecule has 84 valence electrons. The molecule has 0 heterocycles. The number of carbonyl (C=O) groups is 1. The van der Waals surface area contributed by atoms with Crippen molar-refractivity contribution in [3.8, 4) is 0 Å². The summed E-state index contributed by atoms with van der Waals surface area (Å²) < 4.78 is 0. The summed E-state index contributed by atoms with van der Waals surface area (Å²) in [5, 5.41) is 8.71. The van der Waals surface area contributed by atoms with Gasteiger partial charge in [0.25, 0.3) is 0 Å². The second-order valence-electron chi connectivity index (χ2n) is 3.99. The van der Waals surface area contributed by atoms with Gasteiger partial charge in [0.2, 0.25) is 0 Å². The first-order valence-corrected chi connectivity index (χ1v) is 5.58. The molecule has 0 aromatic heterocycles. The minimum atomic E-state index is -0.786. The molecule has 0 fully saturated rings. The van der Waals surface area contributed by atoms with E-state index in [1.165, 1.54) is 25.7 Å². The Labute approximate surface area is 86.7 Å². The van der Waals surface area contributed by atoms with E-state index in [1.54, 1.807) is 6.92 Å². The molecule has 0 saturated heterocycles. The molecule has 0 bridgehead atoms. The summed E-state index contributed by atoms with van der Waals surface area (Å²) in [5.41, 5.74) is 5.75. The summed E-state index contributed by atoms with van der Waals surface area (Å²) in [5.74, 6) is -1.20. The first kappa shape index (κ1) is 13.4. The van der Waals surface area contributed by atoms with Crippen molar-refractivity contribution in [2.45, 2.75) is 58.4 Å². The topological polar surface area (TPSA) is 63.3 Å². The average molecular weight is 201 g/mol. The minimum absolute atomic E-state index is 0.186. The lowest BCUT2D eigenvalue weighted by Gasteiger charge is -2.15. The van der Waals surface area contributed by atoms with E-state index in [-0.39, 0.29) is 6.04 Å². The predicted octanol–water partition coefficient (Wildman–Crippen LogP) is 2.39. The number of rotatable bonds is 8. The summed E-state index contributed by atoms with van der Waals surface area (Å²) >= 11 is 0. The van der Waals surface area contributed by atoms with Crippen LogP contribution in [0.2, 0.25) is 0 Å². The van der Waals surface area contributed by atoms with Crippen LogP contribution in [0.1, 0.15) is 52.4 Å². The summed E-state index contributed by atoms with van der Waals surface area (Å²) in [6.45, 7) is 3.86. The Morgan fingerprint density at radius 2 is 1.86 bits per heavy atom. The number of carboxylic acid groups (broad SMARTS) is 1. The second-order valence-corrected chi connectivity index (χ2v) is 3.99. The average Bonchev–Trinajstić information content (AvgIpc) is 2.16. The van der Waals surface area contributed by atoms with Gasteiger partial charge in [-0.25, -0.2) is 0 Å². The van der Waals surface area contributed by atoms with Crippen LogP contribution in [-0.4, -0.2) is 17.1 Å². The predicted molar refractivity (Wildman–Crippen MR) is 58.2 cm³/mol. The standard InChI is InChI=1S/C11H23NO2/c1-3-4-5-6-7-8-10(12)9(2)11(13)14/h9-10H,3-8,12H2,1-2H3,(H,13,14). The number of hydrogen-bond donors (Lipinski definition) is 2. The monoisotopic (exact) mass is 201 g/mol. The molecule has 0 aliphatic carbocycles. The minimum Gasteiger partial charge on any atom is -0.481 e. The van der Waals surface area contributed by atoms with E-state index < -0.39 is 11.9 Å². The van der Waals surface area contributed by atoms with E-state index in [2.05, 4.69) is 6.92 Å². The molecule has 0 spiro atoms. The number of unbranched alkanes of at least 4 members (excludes halogenated alkanes) is 4. The first-order chi connectivity index (χ1) is 6.59. The van der Waals surface area contributed by atoms with Crippen LogP contribution in [0.5, 0.6) is 0 Å². The van der Waals surface area contributed by atoms with E-state index in [4.69, 9.17) is 10.8 Å². The maximum atomic E-state index is 10.6. The smallest absolute Gasteiger partial charge is 0.307 e. The van der Waals surface area contributed by atoms with Gasteiger partial charge in [-0.2, -0.15) is 0 Å². The van der Waals surface area contributed by atoms with E-state index >= 15 is 0 Å². The van der Waals surface area contributed by atoms with Crippen molar-refractivity contribution >= 4 is 5.97 Å². The Kier molecular flexibility index (Phi) is 7.48. The molecule has 14 heavy (non-hydrogen) atoms. The molecule has 0 saturated carbocycles. The summed E-state index contributed by atoms with van der Waals surface area (Å²) in [4.78, 5) is 10.6. The zero-order chi connectivity index (χ0) is 11.0. The molecule has 3 N–H and O–H groups in total. The Hall–Kier alpha value is -0.570. The second kappa shape index (κ2) is 7.80. The third-order valence-electron chi connectivity index (χ3n) is 2.67. The molecular formula is C11H23NO2. The quantitative estimate of drug-likeness (QED) is 0.593. The van der Waals surface area contributed by atoms with E-state index in [9.17, 15) is 4.79 Å². The summed E-state index contributed by atoms with van der Waals surface area (Å²) in [6.07, 6.45) is 6.80. The molecule has 2 unspecified atom stereocenters. The fourth-order valence-electron chi connectivity index (χ4n) is 1.42. The molecule has 0 aliphatic heterocycles. The molecule has 0 aromatic rings. The highest BCUT2D eigenvalue weighted by Gasteiger charge is 2.18. The number of aliphatic carboxylic acids is 1. The number of carboxylic acids is 1. The first-order valence-electron chi connectivity index (χ1n) is 5.58. The SMILES string of the molecule is CCCCCCCC(N)C(C)C(=O)O. The molecule has 0 rings (SSSR count). The van der Waals surface area contributed by atoms with Gasteiger partial charge in [0.05, 0.1) is 5.92 Å². The van der Waals surface area contributed by atoms with Crippen LogP contribution >= 0.6 is 0 Å². The van der Waals surface area contributed by atoms with Crippen molar-refractivity contribution in [2.75, 3.05) is 0 Å². The van der Waals surface area contributed by atoms with E-state index in [0.29, 0.717) is 0 Å². The lowest BCUT2D eigenvalue weighted by Crippen LogP contribution is -2.33. The number of hydrogen-bond acceptors (Lipinski definition) is 2. The van der Waals surface area contributed by atoms with Gasteiger partial charge in [-0.15, -0.1) is 0 Å². The van der Waals surface area contributed by atoms with Gasteiger partial charge in [0.15, 0.2) is 0 Å². The van der Waals surface area contributed by atoms with Crippen molar-refractivity contribution in [1.29, 1.82) is 0 Å². The van der Waals surface area contributed by atoms with Gasteiger partial charge in [0.1, 0.15) is 0 Å². The maximum absolute atomic E-state index is 10.6. The fourth-order valence-corrected chi connectivity index (χ4v) is 1.42. The number of nitrogens with two attached hydrogens (primary N) is 1. The van der Waals surface area contributed by atoms with Crippen molar-refractivity contribution in [2.24, 2.45) is 11.7 Å². The molecule has 0 aromatic carbocycles. The van der Waals surface area contributed by atoms with Gasteiger partial charge in [-0.1, -0.05) is 46.0 Å². The van der Waals surface area contributed by atoms with Gasteiger partial charge < -0.3 is 10.8 Å². The molecule has 3 heteroatoms. The highest BCUT2D eigenvalue weighted by atomic mass is 16.4. The maximum Gasteiger partial charge on any atom is 0.307 e. The van der Waals surface area contributed by atoms with Crippen LogP contribution in [0.4, 0.5) is 0 Å². The largest absolute Gasteiger partial charge is 0.481 e. The van der Waals surface area contributed by atoms with Crippen molar-refractivity contribution in [3.63, 3.8) is 0 Å². The van der Waals surface area contributed by atoms with Gasteiger partial charge in [-0.05, 0) is 6.42 Å².